The maximum absolute atomic E-state index is 2.47. The molecule has 0 spiro atoms. The van der Waals surface area contributed by atoms with Gasteiger partial charge in [0.1, 0.15) is 0 Å². The molecule has 0 aromatic carbocycles. The maximum atomic E-state index is 2.47. The topological polar surface area (TPSA) is 0 Å². The summed E-state index contributed by atoms with van der Waals surface area (Å²) >= 11 is 0. The largest absolute Gasteiger partial charge is 0.0651 e. The first-order valence-corrected chi connectivity index (χ1v) is 5.36. The molecule has 3 unspecified atom stereocenters. The molecule has 1 fully saturated rings. The monoisotopic (exact) mass is 168 g/mol. The van der Waals surface area contributed by atoms with Crippen LogP contribution in [0.1, 0.15) is 54.4 Å². The molecule has 3 atom stereocenters. The Hall–Kier alpha value is 0. The molecule has 1 saturated carbocycles. The SMILES string of the molecule is CCC(C)C1(C)CC(C)C1(C)C. The van der Waals surface area contributed by atoms with E-state index in [2.05, 4.69) is 41.5 Å². The van der Waals surface area contributed by atoms with Crippen molar-refractivity contribution in [2.75, 3.05) is 0 Å². The van der Waals surface area contributed by atoms with Crippen molar-refractivity contribution in [3.05, 3.63) is 0 Å². The molecule has 0 heteroatoms. The molecular formula is C12H24. The summed E-state index contributed by atoms with van der Waals surface area (Å²) in [5.41, 5.74) is 1.16. The first-order chi connectivity index (χ1) is 5.36. The minimum atomic E-state index is 0.558. The molecule has 0 N–H and O–H groups in total. The third-order valence-electron chi connectivity index (χ3n) is 5.13. The second-order valence-corrected chi connectivity index (χ2v) is 5.55. The molecule has 1 aliphatic carbocycles. The van der Waals surface area contributed by atoms with Crippen molar-refractivity contribution < 1.29 is 0 Å². The van der Waals surface area contributed by atoms with E-state index in [1.54, 1.807) is 0 Å². The highest BCUT2D eigenvalue weighted by molar-refractivity contribution is 5.05. The number of hydrogen-bond acceptors (Lipinski definition) is 0. The van der Waals surface area contributed by atoms with Crippen molar-refractivity contribution in [1.82, 2.24) is 0 Å². The van der Waals surface area contributed by atoms with Gasteiger partial charge in [-0.05, 0) is 29.1 Å². The molecule has 0 aliphatic heterocycles. The van der Waals surface area contributed by atoms with Gasteiger partial charge in [-0.1, -0.05) is 48.0 Å². The molecule has 0 aromatic rings. The van der Waals surface area contributed by atoms with Crippen LogP contribution in [0.5, 0.6) is 0 Å². The normalized spacial score (nSPS) is 42.0. The predicted molar refractivity (Wildman–Crippen MR) is 55.1 cm³/mol. The van der Waals surface area contributed by atoms with Crippen LogP contribution < -0.4 is 0 Å². The highest BCUT2D eigenvalue weighted by Crippen LogP contribution is 2.64. The van der Waals surface area contributed by atoms with E-state index in [1.807, 2.05) is 0 Å². The van der Waals surface area contributed by atoms with Crippen LogP contribution in [0.15, 0.2) is 0 Å². The van der Waals surface area contributed by atoms with Gasteiger partial charge in [0, 0.05) is 0 Å². The summed E-state index contributed by atoms with van der Waals surface area (Å²) < 4.78 is 0. The molecule has 0 saturated heterocycles. The Kier molecular flexibility index (Phi) is 2.31. The second-order valence-electron chi connectivity index (χ2n) is 5.55. The van der Waals surface area contributed by atoms with E-state index in [0.717, 1.165) is 11.8 Å². The van der Waals surface area contributed by atoms with E-state index in [4.69, 9.17) is 0 Å². The maximum Gasteiger partial charge on any atom is -0.0244 e. The van der Waals surface area contributed by atoms with Crippen LogP contribution in [-0.2, 0) is 0 Å². The number of rotatable bonds is 2. The molecule has 12 heavy (non-hydrogen) atoms. The second kappa shape index (κ2) is 2.75. The fourth-order valence-electron chi connectivity index (χ4n) is 2.87. The lowest BCUT2D eigenvalue weighted by molar-refractivity contribution is -0.135. The zero-order valence-electron chi connectivity index (χ0n) is 9.57. The molecule has 0 bridgehead atoms. The fraction of sp³-hybridized carbons (Fsp3) is 1.00. The Bertz CT molecular complexity index is 169. The Morgan fingerprint density at radius 1 is 1.33 bits per heavy atom. The fourth-order valence-corrected chi connectivity index (χ4v) is 2.87. The third-order valence-corrected chi connectivity index (χ3v) is 5.13. The minimum absolute atomic E-state index is 0.558. The molecule has 1 aliphatic rings. The molecule has 0 aromatic heterocycles. The summed E-state index contributed by atoms with van der Waals surface area (Å²) in [4.78, 5) is 0. The van der Waals surface area contributed by atoms with E-state index < -0.39 is 0 Å². The molecule has 0 radical (unpaired) electrons. The van der Waals surface area contributed by atoms with Crippen molar-refractivity contribution in [1.29, 1.82) is 0 Å². The number of hydrogen-bond donors (Lipinski definition) is 0. The molecule has 1 rings (SSSR count). The lowest BCUT2D eigenvalue weighted by atomic mass is 9.42. The quantitative estimate of drug-likeness (QED) is 0.582. The van der Waals surface area contributed by atoms with Crippen molar-refractivity contribution >= 4 is 0 Å². The minimum Gasteiger partial charge on any atom is -0.0651 e. The Morgan fingerprint density at radius 3 is 2.08 bits per heavy atom. The summed E-state index contributed by atoms with van der Waals surface area (Å²) in [6.07, 6.45) is 2.75. The summed E-state index contributed by atoms with van der Waals surface area (Å²) in [7, 11) is 0. The van der Waals surface area contributed by atoms with E-state index in [0.29, 0.717) is 10.8 Å². The summed E-state index contributed by atoms with van der Waals surface area (Å²) in [6.45, 7) is 14.5. The Labute approximate surface area is 77.7 Å². The van der Waals surface area contributed by atoms with Crippen LogP contribution in [0.25, 0.3) is 0 Å². The van der Waals surface area contributed by atoms with Crippen LogP contribution in [0.2, 0.25) is 0 Å². The lowest BCUT2D eigenvalue weighted by Crippen LogP contribution is -2.55. The van der Waals surface area contributed by atoms with Gasteiger partial charge in [0.25, 0.3) is 0 Å². The third kappa shape index (κ3) is 1.03. The van der Waals surface area contributed by atoms with Gasteiger partial charge < -0.3 is 0 Å². The van der Waals surface area contributed by atoms with Crippen LogP contribution in [0.4, 0.5) is 0 Å². The molecule has 72 valence electrons. The Morgan fingerprint density at radius 2 is 1.83 bits per heavy atom. The van der Waals surface area contributed by atoms with Crippen molar-refractivity contribution in [3.8, 4) is 0 Å². The van der Waals surface area contributed by atoms with E-state index in [1.165, 1.54) is 12.8 Å². The van der Waals surface area contributed by atoms with E-state index >= 15 is 0 Å². The molecule has 0 nitrogen and oxygen atoms in total. The van der Waals surface area contributed by atoms with Gasteiger partial charge in [-0.2, -0.15) is 0 Å². The van der Waals surface area contributed by atoms with E-state index in [-0.39, 0.29) is 0 Å². The Balaban J connectivity index is 2.76. The zero-order chi connectivity index (χ0) is 9.57. The van der Waals surface area contributed by atoms with E-state index in [9.17, 15) is 0 Å². The smallest absolute Gasteiger partial charge is 0.0244 e. The summed E-state index contributed by atoms with van der Waals surface area (Å²) in [5.74, 6) is 1.79. The highest BCUT2D eigenvalue weighted by atomic mass is 14.6. The average Bonchev–Trinajstić information content (AvgIpc) is 2.03. The summed E-state index contributed by atoms with van der Waals surface area (Å²) in [6, 6.07) is 0. The molecular weight excluding hydrogens is 144 g/mol. The van der Waals surface area contributed by atoms with Gasteiger partial charge >= 0.3 is 0 Å². The van der Waals surface area contributed by atoms with Gasteiger partial charge in [0.05, 0.1) is 0 Å². The van der Waals surface area contributed by atoms with Crippen LogP contribution in [0.3, 0.4) is 0 Å². The van der Waals surface area contributed by atoms with Crippen molar-refractivity contribution in [3.63, 3.8) is 0 Å². The lowest BCUT2D eigenvalue weighted by Gasteiger charge is -2.62. The summed E-state index contributed by atoms with van der Waals surface area (Å²) in [5, 5.41) is 0. The highest BCUT2D eigenvalue weighted by Gasteiger charge is 2.56. The predicted octanol–water partition coefficient (Wildman–Crippen LogP) is 4.10. The average molecular weight is 168 g/mol. The zero-order valence-corrected chi connectivity index (χ0v) is 9.57. The van der Waals surface area contributed by atoms with Gasteiger partial charge in [0.2, 0.25) is 0 Å². The van der Waals surface area contributed by atoms with Crippen LogP contribution >= 0.6 is 0 Å². The van der Waals surface area contributed by atoms with Crippen molar-refractivity contribution in [2.24, 2.45) is 22.7 Å². The van der Waals surface area contributed by atoms with Crippen LogP contribution in [-0.4, -0.2) is 0 Å². The first kappa shape index (κ1) is 10.1. The molecule has 0 amide bonds. The van der Waals surface area contributed by atoms with Crippen molar-refractivity contribution in [2.45, 2.75) is 54.4 Å². The first-order valence-electron chi connectivity index (χ1n) is 5.36. The van der Waals surface area contributed by atoms with Gasteiger partial charge in [-0.25, -0.2) is 0 Å². The van der Waals surface area contributed by atoms with Gasteiger partial charge in [0.15, 0.2) is 0 Å². The molecule has 0 heterocycles. The van der Waals surface area contributed by atoms with Crippen LogP contribution in [0, 0.1) is 22.7 Å². The van der Waals surface area contributed by atoms with Gasteiger partial charge in [-0.15, -0.1) is 0 Å². The standard InChI is InChI=1S/C12H24/c1-7-9(2)12(6)8-10(3)11(12,4)5/h9-10H,7-8H2,1-6H3. The van der Waals surface area contributed by atoms with Gasteiger partial charge in [-0.3, -0.25) is 0 Å².